The fraction of sp³-hybridized carbons (Fsp3) is 0.613. The number of aliphatic hydroxyl groups excluding tert-OH is 12. The molecule has 44 nitrogen and oxygen atoms in total. The Bertz CT molecular complexity index is 5090. The van der Waals surface area contributed by atoms with Crippen LogP contribution in [0, 0.1) is 23.7 Å². The number of aliphatic hydroxyl groups is 12. The highest BCUT2D eigenvalue weighted by Gasteiger charge is 2.60. The topological polar surface area (TPSA) is 686 Å². The SMILES string of the molecule is C.C[C@H](C(=O)C[C@@H]1C[C@H](C)[C@@H](O[C@H]2O[C@@H]3CCC(c4ccccc4)O[C@H]3CC2NC(=O)OCc2ccccc2)[C@H](O[C@@H]2O[C@H](CO)[C@@H](O[C@H]3O[C@H]4CCC(c5ccccc5)O[C@H]4[C@H](O)[C@H]3NC(=O)OCc3ccccc3)[C@H]2O)[C@H]1O)[C@H](CNC(=O)OCc1ccccc1)OCc1ccccc1.NC[C@@H]1O[C@H](O[C@H]2[C@@H](O)[C@H](O[C@@H]3[C@@H](O)[C@H](CC(=O)[C@@H](O)[C@@H](O)CN)C[C@H](N)[C@H]3O[C@H]3O[C@H](CN)[C@@H](O)C[C@H]3N)O[C@@H]2CO)[C@H](N)[C@@H](O)[C@@H]1O. The zero-order valence-corrected chi connectivity index (χ0v) is 82.9. The number of nitrogens with one attached hydrogen (secondary N) is 3. The standard InChI is InChI=1S/C77H91N3O20.C28H54N6O15.CH4/c1-46-37-54(38-56(82)47(2)62(89-42-48-21-9-3-10-22-48)40-78-75(86)90-43-49-23-11-4-12-24-49)65(83)71(68(46)98-72-55(79-76(87)91-44-50-25-13-5-14-26-50)39-61-59(95-72)35-33-57(93-61)52-29-17-7-18-30-52)100-74-67(85)70(63(41-81)97-74)99-73-64(80-77(88)92-45-51-27-15-6-16-28-51)66(84)69-60(96-73)36-34-58(94-69)53-31-19-8-20-32-53;29-4-13(38)19(40)12(37)2-8-1-9(32)23(47-26-10(33)3-11(36)14(5-30)44-26)25(18(8)39)49-28-22(43)24(16(7-35)46-28)48-27-17(34)21(42)20(41)15(6-31)45-27;/h3-32,46-47,54-55,57-74,81,83-85H,33-45H2,1-2H3,(H,78,86)(H,79,87)(H,80,88);8-11,13-28,35-36,38-43H,1-7,29-34H2;1H4/t46-,47+,54-,55?,57?,58?,59+,60-,61-,62-,63+,64+,65-,66+,67+,68+,69+,70+,71+,72+,73+,74-;8-,9-,10+,11-,13-,14+,15-,16+,17+,18-,19+,20+,21+,22+,23+,24+,25+,26+,27+,28-;/m00./s1. The first-order valence-electron chi connectivity index (χ1n) is 51.1. The second-order valence-electron chi connectivity index (χ2n) is 40.0. The summed E-state index contributed by atoms with van der Waals surface area (Å²) >= 11 is 0. The van der Waals surface area contributed by atoms with Crippen molar-refractivity contribution in [3.05, 3.63) is 215 Å². The number of carbonyl (C=O) groups is 5. The first kappa shape index (κ1) is 117. The van der Waals surface area contributed by atoms with Crippen LogP contribution in [0.3, 0.4) is 0 Å². The number of fused-ring (bicyclic) bond motifs is 2. The van der Waals surface area contributed by atoms with E-state index in [1.165, 1.54) is 0 Å². The normalized spacial score (nSPS) is 36.6. The zero-order chi connectivity index (χ0) is 106. The lowest BCUT2D eigenvalue weighted by molar-refractivity contribution is -0.316. The number of nitrogens with two attached hydrogens (primary N) is 6. The van der Waals surface area contributed by atoms with Gasteiger partial charge in [0, 0.05) is 57.4 Å². The lowest BCUT2D eigenvalue weighted by atomic mass is 9.73. The van der Waals surface area contributed by atoms with Gasteiger partial charge in [-0.05, 0) is 96.1 Å². The van der Waals surface area contributed by atoms with E-state index >= 15 is 0 Å². The van der Waals surface area contributed by atoms with Crippen LogP contribution in [0.15, 0.2) is 182 Å². The van der Waals surface area contributed by atoms with Gasteiger partial charge in [-0.25, -0.2) is 14.4 Å². The maximum atomic E-state index is 14.9. The molecule has 150 heavy (non-hydrogen) atoms. The molecule has 3 amide bonds. The minimum Gasteiger partial charge on any atom is -0.445 e. The number of benzene rings is 6. The van der Waals surface area contributed by atoms with Gasteiger partial charge in [-0.2, -0.15) is 0 Å². The predicted molar refractivity (Wildman–Crippen MR) is 530 cm³/mol. The number of hydrogen-bond donors (Lipinski definition) is 21. The molecule has 0 aromatic heterocycles. The van der Waals surface area contributed by atoms with Crippen LogP contribution in [-0.4, -0.2) is 351 Å². The minimum atomic E-state index is -1.83. The number of Topliss-reactive ketones (excluding diaryl/α,β-unsaturated/α-hetero) is 2. The van der Waals surface area contributed by atoms with Crippen LogP contribution in [-0.2, 0) is 121 Å². The van der Waals surface area contributed by atoms with Gasteiger partial charge >= 0.3 is 18.3 Å². The molecular weight excluding hydrogens is 1960 g/mol. The maximum absolute atomic E-state index is 14.9. The Morgan fingerprint density at radius 3 is 1.39 bits per heavy atom. The lowest BCUT2D eigenvalue weighted by Crippen LogP contribution is -2.66. The molecule has 0 spiro atoms. The fourth-order valence-corrected chi connectivity index (χ4v) is 21.1. The molecule has 2 saturated carbocycles. The van der Waals surface area contributed by atoms with Gasteiger partial charge in [0.2, 0.25) is 0 Å². The van der Waals surface area contributed by atoms with Crippen LogP contribution >= 0.6 is 0 Å². The summed E-state index contributed by atoms with van der Waals surface area (Å²) in [6.07, 6.45) is -41.1. The molecule has 6 aromatic carbocycles. The number of rotatable bonds is 40. The molecule has 8 heterocycles. The molecular formula is C106H149N9O35. The van der Waals surface area contributed by atoms with Crippen LogP contribution in [0.25, 0.3) is 0 Å². The zero-order valence-electron chi connectivity index (χ0n) is 82.9. The van der Waals surface area contributed by atoms with Gasteiger partial charge in [-0.15, -0.1) is 0 Å². The molecule has 44 heteroatoms. The lowest BCUT2D eigenvalue weighted by Gasteiger charge is -2.49. The Morgan fingerprint density at radius 2 is 0.853 bits per heavy atom. The van der Waals surface area contributed by atoms with Crippen LogP contribution in [0.4, 0.5) is 14.4 Å². The monoisotopic (exact) mass is 2110 g/mol. The van der Waals surface area contributed by atoms with Crippen molar-refractivity contribution in [2.75, 3.05) is 39.4 Å². The molecule has 2 aliphatic carbocycles. The summed E-state index contributed by atoms with van der Waals surface area (Å²) in [6.45, 7) is 1.43. The molecule has 0 radical (unpaired) electrons. The summed E-state index contributed by atoms with van der Waals surface area (Å²) in [4.78, 5) is 68.6. The Kier molecular flexibility index (Phi) is 43.2. The van der Waals surface area contributed by atoms with Gasteiger partial charge < -0.3 is 197 Å². The van der Waals surface area contributed by atoms with Gasteiger partial charge in [0.15, 0.2) is 43.5 Å². The van der Waals surface area contributed by atoms with E-state index in [2.05, 4.69) is 16.0 Å². The quantitative estimate of drug-likeness (QED) is 0.0235. The third-order valence-corrected chi connectivity index (χ3v) is 29.6. The Balaban J connectivity index is 0.000000297. The van der Waals surface area contributed by atoms with Crippen LogP contribution in [0.2, 0.25) is 0 Å². The molecule has 10 fully saturated rings. The van der Waals surface area contributed by atoms with E-state index in [0.29, 0.717) is 31.2 Å². The highest BCUT2D eigenvalue weighted by Crippen LogP contribution is 2.47. The van der Waals surface area contributed by atoms with Crippen LogP contribution < -0.4 is 50.4 Å². The number of ketones is 2. The molecule has 828 valence electrons. The molecule has 42 atom stereocenters. The molecule has 3 unspecified atom stereocenters. The minimum absolute atomic E-state index is 0. The van der Waals surface area contributed by atoms with E-state index in [9.17, 15) is 85.3 Å². The fourth-order valence-electron chi connectivity index (χ4n) is 21.1. The number of alkyl carbamates (subject to hydrolysis) is 3. The van der Waals surface area contributed by atoms with Crippen molar-refractivity contribution in [2.24, 2.45) is 58.1 Å². The number of carbonyl (C=O) groups excluding carboxylic acids is 5. The maximum Gasteiger partial charge on any atom is 0.407 e. The van der Waals surface area contributed by atoms with Crippen molar-refractivity contribution >= 4 is 29.8 Å². The van der Waals surface area contributed by atoms with Gasteiger partial charge in [-0.1, -0.05) is 203 Å². The summed E-state index contributed by atoms with van der Waals surface area (Å²) in [5.41, 5.74) is 40.5. The summed E-state index contributed by atoms with van der Waals surface area (Å²) in [7, 11) is 0. The second-order valence-corrected chi connectivity index (χ2v) is 40.0. The second kappa shape index (κ2) is 55.5. The van der Waals surface area contributed by atoms with E-state index in [1.807, 2.05) is 177 Å². The largest absolute Gasteiger partial charge is 0.445 e. The predicted octanol–water partition coefficient (Wildman–Crippen LogP) is 0.674. The van der Waals surface area contributed by atoms with Gasteiger partial charge in [0.05, 0.1) is 111 Å². The number of amides is 3. The Labute approximate surface area is 869 Å². The highest BCUT2D eigenvalue weighted by atomic mass is 16.8. The molecule has 16 rings (SSSR count). The van der Waals surface area contributed by atoms with Crippen molar-refractivity contribution < 1.29 is 171 Å². The third-order valence-electron chi connectivity index (χ3n) is 29.6. The molecule has 8 aliphatic heterocycles. The molecule has 10 aliphatic rings. The van der Waals surface area contributed by atoms with E-state index in [1.54, 1.807) is 19.1 Å². The first-order valence-corrected chi connectivity index (χ1v) is 51.1. The third kappa shape index (κ3) is 29.5. The van der Waals surface area contributed by atoms with Crippen LogP contribution in [0.1, 0.15) is 131 Å². The number of hydrogen-bond acceptors (Lipinski definition) is 41. The van der Waals surface area contributed by atoms with Crippen molar-refractivity contribution in [1.29, 1.82) is 0 Å². The summed E-state index contributed by atoms with van der Waals surface area (Å²) in [6, 6.07) is 50.9. The van der Waals surface area contributed by atoms with E-state index < -0.39 is 301 Å². The van der Waals surface area contributed by atoms with Gasteiger partial charge in [-0.3, -0.25) is 9.59 Å². The molecule has 27 N–H and O–H groups in total. The van der Waals surface area contributed by atoms with Gasteiger partial charge in [0.25, 0.3) is 0 Å². The Hall–Kier alpha value is -8.85. The van der Waals surface area contributed by atoms with Crippen molar-refractivity contribution in [2.45, 2.75) is 345 Å². The average molecular weight is 2110 g/mol. The van der Waals surface area contributed by atoms with E-state index in [-0.39, 0.29) is 97.5 Å². The van der Waals surface area contributed by atoms with E-state index in [4.69, 9.17) is 120 Å². The highest BCUT2D eigenvalue weighted by molar-refractivity contribution is 5.84. The van der Waals surface area contributed by atoms with Crippen molar-refractivity contribution in [3.63, 3.8) is 0 Å². The smallest absolute Gasteiger partial charge is 0.407 e. The van der Waals surface area contributed by atoms with Crippen molar-refractivity contribution in [1.82, 2.24) is 16.0 Å². The van der Waals surface area contributed by atoms with E-state index in [0.717, 1.165) is 27.8 Å². The summed E-state index contributed by atoms with van der Waals surface area (Å²) in [5.74, 6) is -4.30. The molecule has 0 bridgehead atoms. The average Bonchev–Trinajstić information content (AvgIpc) is 1.58. The Morgan fingerprint density at radius 1 is 0.407 bits per heavy atom. The van der Waals surface area contributed by atoms with Gasteiger partial charge in [0.1, 0.15) is 123 Å². The van der Waals surface area contributed by atoms with Crippen molar-refractivity contribution in [3.8, 4) is 0 Å². The first-order chi connectivity index (χ1) is 71.9. The number of ether oxygens (including phenoxy) is 18. The summed E-state index contributed by atoms with van der Waals surface area (Å²) in [5, 5.41) is 142. The molecule has 8 saturated heterocycles. The molecule has 6 aromatic rings. The summed E-state index contributed by atoms with van der Waals surface area (Å²) < 4.78 is 112. The van der Waals surface area contributed by atoms with Crippen LogP contribution in [0.5, 0.6) is 0 Å².